The van der Waals surface area contributed by atoms with Crippen LogP contribution in [0.25, 0.3) is 0 Å². The first-order valence-corrected chi connectivity index (χ1v) is 6.21. The molecular weight excluding hydrogens is 238 g/mol. The molecule has 92 valence electrons. The lowest BCUT2D eigenvalue weighted by molar-refractivity contribution is 0.387. The number of aromatic nitrogens is 4. The summed E-state index contributed by atoms with van der Waals surface area (Å²) in [7, 11) is 1.94. The van der Waals surface area contributed by atoms with Crippen molar-refractivity contribution < 1.29 is 4.52 Å². The van der Waals surface area contributed by atoms with Gasteiger partial charge in [-0.3, -0.25) is 0 Å². The zero-order valence-electron chi connectivity index (χ0n) is 10.3. The summed E-state index contributed by atoms with van der Waals surface area (Å²) in [5, 5.41) is 14.1. The smallest absolute Gasteiger partial charge is 0.223 e. The van der Waals surface area contributed by atoms with Crippen LogP contribution in [0.1, 0.15) is 36.5 Å². The Balaban J connectivity index is 2.06. The SMILES string of the molecule is Cc1nc(CN(C)c2nnc(C(C)C)s2)no1. The van der Waals surface area contributed by atoms with E-state index in [1.165, 1.54) is 0 Å². The summed E-state index contributed by atoms with van der Waals surface area (Å²) in [4.78, 5) is 6.12. The summed E-state index contributed by atoms with van der Waals surface area (Å²) in [5.74, 6) is 1.64. The molecule has 0 atom stereocenters. The van der Waals surface area contributed by atoms with Crippen molar-refractivity contribution in [1.82, 2.24) is 20.3 Å². The quantitative estimate of drug-likeness (QED) is 0.830. The fourth-order valence-corrected chi connectivity index (χ4v) is 2.11. The maximum atomic E-state index is 4.92. The van der Waals surface area contributed by atoms with Gasteiger partial charge in [-0.05, 0) is 0 Å². The molecule has 7 heteroatoms. The Morgan fingerprint density at radius 2 is 2.12 bits per heavy atom. The number of aryl methyl sites for hydroxylation is 1. The first kappa shape index (κ1) is 12.0. The fourth-order valence-electron chi connectivity index (χ4n) is 1.30. The van der Waals surface area contributed by atoms with E-state index in [2.05, 4.69) is 34.2 Å². The summed E-state index contributed by atoms with van der Waals surface area (Å²) in [6.45, 7) is 6.56. The Hall–Kier alpha value is -1.50. The van der Waals surface area contributed by atoms with Gasteiger partial charge in [-0.25, -0.2) is 0 Å². The third-order valence-electron chi connectivity index (χ3n) is 2.20. The number of anilines is 1. The van der Waals surface area contributed by atoms with Crippen LogP contribution in [-0.4, -0.2) is 27.4 Å². The molecule has 2 rings (SSSR count). The topological polar surface area (TPSA) is 67.9 Å². The second kappa shape index (κ2) is 4.79. The highest BCUT2D eigenvalue weighted by molar-refractivity contribution is 7.15. The number of nitrogens with zero attached hydrogens (tertiary/aromatic N) is 5. The summed E-state index contributed by atoms with van der Waals surface area (Å²) in [5.41, 5.74) is 0. The molecule has 0 aromatic carbocycles. The lowest BCUT2D eigenvalue weighted by atomic mass is 10.2. The standard InChI is InChI=1S/C10H15N5OS/c1-6(2)9-12-13-10(17-9)15(4)5-8-11-7(3)16-14-8/h6H,5H2,1-4H3. The molecule has 2 aromatic rings. The van der Waals surface area contributed by atoms with E-state index in [4.69, 9.17) is 4.52 Å². The maximum Gasteiger partial charge on any atom is 0.223 e. The minimum absolute atomic E-state index is 0.405. The summed E-state index contributed by atoms with van der Waals surface area (Å²) >= 11 is 1.59. The molecule has 0 bridgehead atoms. The molecule has 2 heterocycles. The zero-order valence-corrected chi connectivity index (χ0v) is 11.2. The van der Waals surface area contributed by atoms with Crippen molar-refractivity contribution in [3.05, 3.63) is 16.7 Å². The fraction of sp³-hybridized carbons (Fsp3) is 0.600. The van der Waals surface area contributed by atoms with Gasteiger partial charge in [0.2, 0.25) is 11.0 Å². The van der Waals surface area contributed by atoms with E-state index in [1.54, 1.807) is 18.3 Å². The Morgan fingerprint density at radius 1 is 1.35 bits per heavy atom. The van der Waals surface area contributed by atoms with Crippen LogP contribution in [0, 0.1) is 6.92 Å². The van der Waals surface area contributed by atoms with Crippen molar-refractivity contribution in [2.75, 3.05) is 11.9 Å². The van der Waals surface area contributed by atoms with Crippen LogP contribution in [0.15, 0.2) is 4.52 Å². The summed E-state index contributed by atoms with van der Waals surface area (Å²) in [6, 6.07) is 0. The summed E-state index contributed by atoms with van der Waals surface area (Å²) in [6.07, 6.45) is 0. The van der Waals surface area contributed by atoms with E-state index in [0.29, 0.717) is 24.2 Å². The molecule has 0 saturated carbocycles. The molecule has 0 saturated heterocycles. The minimum atomic E-state index is 0.405. The molecular formula is C10H15N5OS. The third kappa shape index (κ3) is 2.79. The van der Waals surface area contributed by atoms with Crippen LogP contribution >= 0.6 is 11.3 Å². The Morgan fingerprint density at radius 3 is 2.65 bits per heavy atom. The molecule has 0 aliphatic heterocycles. The maximum absolute atomic E-state index is 4.92. The molecule has 6 nitrogen and oxygen atoms in total. The van der Waals surface area contributed by atoms with Crippen LogP contribution < -0.4 is 4.90 Å². The van der Waals surface area contributed by atoms with Crippen molar-refractivity contribution in [2.45, 2.75) is 33.2 Å². The predicted octanol–water partition coefficient (Wildman–Crippen LogP) is 1.99. The number of hydrogen-bond donors (Lipinski definition) is 0. The van der Waals surface area contributed by atoms with Gasteiger partial charge < -0.3 is 9.42 Å². The molecule has 0 amide bonds. The van der Waals surface area contributed by atoms with Gasteiger partial charge in [-0.2, -0.15) is 4.98 Å². The molecule has 0 radical (unpaired) electrons. The Bertz CT molecular complexity index is 492. The van der Waals surface area contributed by atoms with Crippen LogP contribution in [-0.2, 0) is 6.54 Å². The van der Waals surface area contributed by atoms with Gasteiger partial charge in [0.25, 0.3) is 0 Å². The van der Waals surface area contributed by atoms with Gasteiger partial charge in [-0.1, -0.05) is 30.3 Å². The second-order valence-corrected chi connectivity index (χ2v) is 5.15. The molecule has 0 aliphatic carbocycles. The highest BCUT2D eigenvalue weighted by Gasteiger charge is 2.13. The average Bonchev–Trinajstić information content (AvgIpc) is 2.86. The van der Waals surface area contributed by atoms with E-state index in [9.17, 15) is 0 Å². The molecule has 0 spiro atoms. The van der Waals surface area contributed by atoms with Crippen molar-refractivity contribution in [3.8, 4) is 0 Å². The van der Waals surface area contributed by atoms with Crippen LogP contribution in [0.4, 0.5) is 5.13 Å². The van der Waals surface area contributed by atoms with Crippen LogP contribution in [0.5, 0.6) is 0 Å². The van der Waals surface area contributed by atoms with E-state index in [-0.39, 0.29) is 0 Å². The predicted molar refractivity (Wildman–Crippen MR) is 65.1 cm³/mol. The van der Waals surface area contributed by atoms with Gasteiger partial charge in [-0.15, -0.1) is 10.2 Å². The minimum Gasteiger partial charge on any atom is -0.342 e. The molecule has 0 unspecified atom stereocenters. The van der Waals surface area contributed by atoms with E-state index >= 15 is 0 Å². The highest BCUT2D eigenvalue weighted by Crippen LogP contribution is 2.25. The largest absolute Gasteiger partial charge is 0.342 e. The van der Waals surface area contributed by atoms with Crippen LogP contribution in [0.3, 0.4) is 0 Å². The molecule has 0 aliphatic rings. The molecule has 0 N–H and O–H groups in total. The van der Waals surface area contributed by atoms with Crippen molar-refractivity contribution in [1.29, 1.82) is 0 Å². The van der Waals surface area contributed by atoms with Gasteiger partial charge in [0, 0.05) is 19.9 Å². The Labute approximate surface area is 104 Å². The zero-order chi connectivity index (χ0) is 12.4. The summed E-state index contributed by atoms with van der Waals surface area (Å²) < 4.78 is 4.92. The van der Waals surface area contributed by atoms with Crippen molar-refractivity contribution >= 4 is 16.5 Å². The van der Waals surface area contributed by atoms with E-state index < -0.39 is 0 Å². The molecule has 0 fully saturated rings. The lowest BCUT2D eigenvalue weighted by Crippen LogP contribution is -2.17. The average molecular weight is 253 g/mol. The van der Waals surface area contributed by atoms with Crippen LogP contribution in [0.2, 0.25) is 0 Å². The second-order valence-electron chi connectivity index (χ2n) is 4.16. The van der Waals surface area contributed by atoms with E-state index in [1.807, 2.05) is 11.9 Å². The third-order valence-corrected chi connectivity index (χ3v) is 3.54. The highest BCUT2D eigenvalue weighted by atomic mass is 32.1. The number of hydrogen-bond acceptors (Lipinski definition) is 7. The lowest BCUT2D eigenvalue weighted by Gasteiger charge is -2.11. The van der Waals surface area contributed by atoms with Crippen molar-refractivity contribution in [3.63, 3.8) is 0 Å². The van der Waals surface area contributed by atoms with Gasteiger partial charge in [0.1, 0.15) is 5.01 Å². The first-order valence-electron chi connectivity index (χ1n) is 5.40. The van der Waals surface area contributed by atoms with Gasteiger partial charge in [0.05, 0.1) is 6.54 Å². The Kier molecular flexibility index (Phi) is 3.37. The number of rotatable bonds is 4. The van der Waals surface area contributed by atoms with Gasteiger partial charge >= 0.3 is 0 Å². The van der Waals surface area contributed by atoms with Gasteiger partial charge in [0.15, 0.2) is 5.82 Å². The molecule has 17 heavy (non-hydrogen) atoms. The monoisotopic (exact) mass is 253 g/mol. The normalized spacial score (nSPS) is 11.1. The molecule has 2 aromatic heterocycles. The first-order chi connectivity index (χ1) is 8.06. The van der Waals surface area contributed by atoms with Crippen molar-refractivity contribution in [2.24, 2.45) is 0 Å². The van der Waals surface area contributed by atoms with E-state index in [0.717, 1.165) is 10.1 Å².